The standard InChI is InChI=1S/C78H82BN3O/c1-47-25-27-49(28-26-47)82-67-42-52(80(48-21-17-16-18-22-48)50-29-31-54-53-23-19-20-24-56(53)78(14,15)58(54)39-50)41-66-69(67)79(71-70(82)55-43-60-63(46-68(55)83-71)77(12,13)38-35-74(60,6)7)64-44-61-62(76(10,11)37-36-75(61,8)9)45-65(64)81(66)51-30-32-57-59(40-51)73(4,5)34-33-72(57,2)3/h16-32,39-46H,33-38H2,1-15H3. The molecular weight excluding hydrogens is 1010 g/mol. The fourth-order valence-corrected chi connectivity index (χ4v) is 16.5. The van der Waals surface area contributed by atoms with Crippen LogP contribution in [0.4, 0.5) is 51.2 Å². The molecule has 0 spiro atoms. The van der Waals surface area contributed by atoms with Crippen molar-refractivity contribution in [3.63, 3.8) is 0 Å². The van der Waals surface area contributed by atoms with Crippen LogP contribution in [-0.4, -0.2) is 6.71 Å². The van der Waals surface area contributed by atoms with Gasteiger partial charge in [0.25, 0.3) is 6.71 Å². The van der Waals surface area contributed by atoms with E-state index in [0.717, 1.165) is 71.8 Å². The van der Waals surface area contributed by atoms with Crippen LogP contribution in [0.2, 0.25) is 0 Å². The average molecular weight is 1090 g/mol. The molecule has 0 fully saturated rings. The maximum Gasteiger partial charge on any atom is 0.297 e. The third kappa shape index (κ3) is 7.56. The second-order valence-electron chi connectivity index (χ2n) is 30.6. The zero-order valence-corrected chi connectivity index (χ0v) is 52.0. The Morgan fingerprint density at radius 3 is 1.58 bits per heavy atom. The molecule has 9 aromatic rings. The van der Waals surface area contributed by atoms with Gasteiger partial charge in [0.15, 0.2) is 0 Å². The SMILES string of the molecule is Cc1ccc(N2c3cc(N(c4ccccc4)c4ccc5c(c4)C(C)(C)c4ccccc4-5)cc4c3B(c3cc5c(cc3N4c3ccc4c(c3)C(C)(C)CCC4(C)C)C(C)(C)CCC5(C)C)c3oc4cc5c(cc4c32)C(C)(C)CCC5(C)C)cc1. The van der Waals surface area contributed by atoms with Crippen LogP contribution in [0, 0.1) is 6.92 Å². The zero-order valence-electron chi connectivity index (χ0n) is 52.0. The van der Waals surface area contributed by atoms with Gasteiger partial charge >= 0.3 is 0 Å². The number of hydrogen-bond acceptors (Lipinski definition) is 4. The van der Waals surface area contributed by atoms with Crippen molar-refractivity contribution in [2.45, 2.75) is 180 Å². The number of hydrogen-bond donors (Lipinski definition) is 0. The molecule has 0 radical (unpaired) electrons. The number of rotatable bonds is 5. The first kappa shape index (κ1) is 52.6. The normalized spacial score (nSPS) is 19.8. The molecule has 0 bridgehead atoms. The van der Waals surface area contributed by atoms with E-state index < -0.39 is 0 Å². The summed E-state index contributed by atoms with van der Waals surface area (Å²) in [6, 6.07) is 59.7. The summed E-state index contributed by atoms with van der Waals surface area (Å²) in [4.78, 5) is 7.87. The van der Waals surface area contributed by atoms with E-state index in [1.54, 1.807) is 0 Å². The Bertz CT molecular complexity index is 4220. The van der Waals surface area contributed by atoms with Crippen LogP contribution >= 0.6 is 0 Å². The molecule has 5 heteroatoms. The zero-order chi connectivity index (χ0) is 57.9. The summed E-state index contributed by atoms with van der Waals surface area (Å²) in [6.45, 7) is 36.5. The van der Waals surface area contributed by atoms with Gasteiger partial charge in [-0.25, -0.2) is 0 Å². The van der Waals surface area contributed by atoms with E-state index in [-0.39, 0.29) is 44.6 Å². The van der Waals surface area contributed by atoms with Crippen molar-refractivity contribution in [3.8, 4) is 11.1 Å². The number of para-hydroxylation sites is 1. The first-order chi connectivity index (χ1) is 39.3. The van der Waals surface area contributed by atoms with Gasteiger partial charge in [-0.15, -0.1) is 0 Å². The molecule has 0 saturated heterocycles. The van der Waals surface area contributed by atoms with Gasteiger partial charge in [-0.1, -0.05) is 175 Å². The molecule has 0 N–H and O–H groups in total. The highest BCUT2D eigenvalue weighted by molar-refractivity contribution is 7.00. The third-order valence-electron chi connectivity index (χ3n) is 22.1. The number of furan rings is 1. The van der Waals surface area contributed by atoms with Crippen molar-refractivity contribution >= 4 is 85.5 Å². The van der Waals surface area contributed by atoms with Crippen molar-refractivity contribution in [3.05, 3.63) is 202 Å². The molecule has 2 aliphatic heterocycles. The lowest BCUT2D eigenvalue weighted by Gasteiger charge is -2.47. The van der Waals surface area contributed by atoms with Crippen LogP contribution < -0.4 is 31.3 Å². The summed E-state index contributed by atoms with van der Waals surface area (Å²) in [7, 11) is 0. The molecule has 15 rings (SSSR count). The van der Waals surface area contributed by atoms with E-state index >= 15 is 0 Å². The summed E-state index contributed by atoms with van der Waals surface area (Å²) in [6.07, 6.45) is 6.85. The minimum Gasteiger partial charge on any atom is -0.468 e. The van der Waals surface area contributed by atoms with Crippen molar-refractivity contribution in [2.75, 3.05) is 14.7 Å². The molecule has 0 atom stereocenters. The first-order valence-corrected chi connectivity index (χ1v) is 31.2. The largest absolute Gasteiger partial charge is 0.468 e. The number of nitrogens with zero attached hydrogens (tertiary/aromatic N) is 3. The molecule has 3 heterocycles. The molecule has 0 amide bonds. The van der Waals surface area contributed by atoms with Gasteiger partial charge < -0.3 is 19.1 Å². The topological polar surface area (TPSA) is 22.9 Å². The maximum absolute atomic E-state index is 7.84. The lowest BCUT2D eigenvalue weighted by atomic mass is 9.35. The summed E-state index contributed by atoms with van der Waals surface area (Å²) < 4.78 is 7.84. The molecule has 4 aliphatic carbocycles. The highest BCUT2D eigenvalue weighted by Crippen LogP contribution is 2.57. The van der Waals surface area contributed by atoms with Crippen LogP contribution in [0.15, 0.2) is 156 Å². The molecule has 4 nitrogen and oxygen atoms in total. The molecule has 83 heavy (non-hydrogen) atoms. The van der Waals surface area contributed by atoms with E-state index in [0.29, 0.717) is 0 Å². The summed E-state index contributed by atoms with van der Waals surface area (Å²) in [5, 5.41) is 1.19. The summed E-state index contributed by atoms with van der Waals surface area (Å²) in [5.41, 5.74) is 30.3. The van der Waals surface area contributed by atoms with Gasteiger partial charge in [-0.3, -0.25) is 0 Å². The smallest absolute Gasteiger partial charge is 0.297 e. The van der Waals surface area contributed by atoms with Gasteiger partial charge in [0.2, 0.25) is 0 Å². The third-order valence-corrected chi connectivity index (χ3v) is 22.1. The summed E-state index contributed by atoms with van der Waals surface area (Å²) >= 11 is 0. The Labute approximate surface area is 495 Å². The van der Waals surface area contributed by atoms with Crippen LogP contribution in [0.1, 0.15) is 186 Å². The van der Waals surface area contributed by atoms with Gasteiger partial charge in [0.1, 0.15) is 5.58 Å². The fourth-order valence-electron chi connectivity index (χ4n) is 16.5. The van der Waals surface area contributed by atoms with Crippen molar-refractivity contribution in [1.82, 2.24) is 0 Å². The van der Waals surface area contributed by atoms with E-state index in [1.807, 2.05) is 0 Å². The van der Waals surface area contributed by atoms with E-state index in [9.17, 15) is 0 Å². The molecular formula is C78H82BN3O. The van der Waals surface area contributed by atoms with E-state index in [2.05, 4.69) is 270 Å². The van der Waals surface area contributed by atoms with Crippen LogP contribution in [0.3, 0.4) is 0 Å². The molecule has 418 valence electrons. The molecule has 1 aromatic heterocycles. The van der Waals surface area contributed by atoms with Crippen molar-refractivity contribution in [1.29, 1.82) is 0 Å². The van der Waals surface area contributed by atoms with Crippen molar-refractivity contribution in [2.24, 2.45) is 0 Å². The highest BCUT2D eigenvalue weighted by Gasteiger charge is 2.51. The Hall–Kier alpha value is -7.24. The monoisotopic (exact) mass is 1090 g/mol. The molecule has 6 aliphatic rings. The second-order valence-corrected chi connectivity index (χ2v) is 30.6. The van der Waals surface area contributed by atoms with Crippen LogP contribution in [-0.2, 0) is 37.9 Å². The van der Waals surface area contributed by atoms with Crippen LogP contribution in [0.5, 0.6) is 0 Å². The summed E-state index contributed by atoms with van der Waals surface area (Å²) in [5.74, 6) is 0. The minimum atomic E-state index is -0.203. The molecule has 0 saturated carbocycles. The van der Waals surface area contributed by atoms with E-state index in [1.165, 1.54) is 107 Å². The van der Waals surface area contributed by atoms with E-state index in [4.69, 9.17) is 4.42 Å². The number of benzene rings is 8. The van der Waals surface area contributed by atoms with Gasteiger partial charge in [0, 0.05) is 50.6 Å². The Morgan fingerprint density at radius 2 is 0.928 bits per heavy atom. The highest BCUT2D eigenvalue weighted by atomic mass is 16.3. The van der Waals surface area contributed by atoms with Gasteiger partial charge in [-0.2, -0.15) is 0 Å². The maximum atomic E-state index is 7.84. The first-order valence-electron chi connectivity index (χ1n) is 31.2. The molecule has 8 aromatic carbocycles. The Balaban J connectivity index is 1.10. The number of fused-ring (bicyclic) bond motifs is 12. The van der Waals surface area contributed by atoms with Gasteiger partial charge in [0.05, 0.1) is 17.0 Å². The fraction of sp³-hybridized carbons (Fsp3) is 0.359. The second kappa shape index (κ2) is 17.2. The van der Waals surface area contributed by atoms with Crippen LogP contribution in [0.25, 0.3) is 22.1 Å². The Kier molecular flexibility index (Phi) is 10.9. The minimum absolute atomic E-state index is 0.000816. The quantitative estimate of drug-likeness (QED) is 0.160. The Morgan fingerprint density at radius 1 is 0.398 bits per heavy atom. The lowest BCUT2D eigenvalue weighted by molar-refractivity contribution is 0.332. The van der Waals surface area contributed by atoms with Crippen molar-refractivity contribution < 1.29 is 4.42 Å². The molecule has 0 unspecified atom stereocenters. The lowest BCUT2D eigenvalue weighted by Crippen LogP contribution is -2.61. The number of aryl methyl sites for hydroxylation is 1. The number of anilines is 9. The predicted octanol–water partition coefficient (Wildman–Crippen LogP) is 19.6. The average Bonchev–Trinajstić information content (AvgIpc) is 1.97. The van der Waals surface area contributed by atoms with Gasteiger partial charge in [-0.05, 0) is 223 Å². The predicted molar refractivity (Wildman–Crippen MR) is 353 cm³/mol.